The summed E-state index contributed by atoms with van der Waals surface area (Å²) >= 11 is 0.901. The Morgan fingerprint density at radius 3 is 2.69 bits per heavy atom. The van der Waals surface area contributed by atoms with Gasteiger partial charge in [-0.3, -0.25) is 4.79 Å². The van der Waals surface area contributed by atoms with E-state index in [4.69, 9.17) is 5.11 Å². The molecule has 0 aliphatic carbocycles. The van der Waals surface area contributed by atoms with Gasteiger partial charge in [-0.2, -0.15) is 0 Å². The fourth-order valence-corrected chi connectivity index (χ4v) is 1.92. The largest absolute Gasteiger partial charge is 0.480 e. The monoisotopic (exact) mass is 245 g/mol. The van der Waals surface area contributed by atoms with Crippen molar-refractivity contribution in [2.45, 2.75) is 23.6 Å². The Hall–Kier alpha value is -1.57. The minimum absolute atomic E-state index is 0.234. The molecule has 0 amide bonds. The number of carboxylic acid groups (broad SMARTS) is 1. The summed E-state index contributed by atoms with van der Waals surface area (Å²) in [5.41, 5.74) is 0. The van der Waals surface area contributed by atoms with Gasteiger partial charge in [0, 0.05) is 7.05 Å². The number of hydrogen-bond acceptors (Lipinski definition) is 5. The Balaban J connectivity index is 3.10. The molecule has 8 heteroatoms. The van der Waals surface area contributed by atoms with Crippen LogP contribution in [0.5, 0.6) is 0 Å². The second kappa shape index (κ2) is 4.12. The number of carboxylic acids is 1. The summed E-state index contributed by atoms with van der Waals surface area (Å²) in [4.78, 5) is 24.6. The molecule has 88 valence electrons. The Morgan fingerprint density at radius 2 is 2.25 bits per heavy atom. The first-order chi connectivity index (χ1) is 7.25. The molecule has 0 aromatic carbocycles. The zero-order valence-corrected chi connectivity index (χ0v) is 9.82. The van der Waals surface area contributed by atoms with Gasteiger partial charge < -0.3 is 19.8 Å². The number of imidazole rings is 1. The average molecular weight is 245 g/mol. The SMILES string of the molecule is Cn1cnc([N+](=O)[O-])c1SC(C)(C)C(=O)O. The van der Waals surface area contributed by atoms with Crippen LogP contribution in [0, 0.1) is 10.1 Å². The van der Waals surface area contributed by atoms with Crippen molar-refractivity contribution in [3.05, 3.63) is 16.4 Å². The quantitative estimate of drug-likeness (QED) is 0.487. The van der Waals surface area contributed by atoms with Gasteiger partial charge in [0.25, 0.3) is 0 Å². The van der Waals surface area contributed by atoms with Gasteiger partial charge in [0.05, 0.1) is 0 Å². The topological polar surface area (TPSA) is 98.3 Å². The molecule has 0 saturated carbocycles. The van der Waals surface area contributed by atoms with Crippen LogP contribution in [0.3, 0.4) is 0 Å². The number of nitrogens with zero attached hydrogens (tertiary/aromatic N) is 3. The molecule has 1 heterocycles. The van der Waals surface area contributed by atoms with Gasteiger partial charge in [-0.15, -0.1) is 0 Å². The Bertz CT molecular complexity index is 440. The fraction of sp³-hybridized carbons (Fsp3) is 0.500. The third-order valence-corrected chi connectivity index (χ3v) is 3.25. The highest BCUT2D eigenvalue weighted by molar-refractivity contribution is 8.01. The van der Waals surface area contributed by atoms with Gasteiger partial charge in [-0.1, -0.05) is 11.8 Å². The van der Waals surface area contributed by atoms with Crippen LogP contribution in [0.4, 0.5) is 5.82 Å². The van der Waals surface area contributed by atoms with Gasteiger partial charge in [0.2, 0.25) is 6.33 Å². The molecule has 0 fully saturated rings. The minimum atomic E-state index is -1.14. The van der Waals surface area contributed by atoms with Crippen LogP contribution in [0.15, 0.2) is 11.4 Å². The van der Waals surface area contributed by atoms with E-state index >= 15 is 0 Å². The lowest BCUT2D eigenvalue weighted by Crippen LogP contribution is -2.27. The van der Waals surface area contributed by atoms with Crippen LogP contribution in [-0.2, 0) is 11.8 Å². The van der Waals surface area contributed by atoms with E-state index in [0.29, 0.717) is 0 Å². The summed E-state index contributed by atoms with van der Waals surface area (Å²) in [6.45, 7) is 2.97. The number of aryl methyl sites for hydroxylation is 1. The molecule has 1 rings (SSSR count). The predicted molar refractivity (Wildman–Crippen MR) is 57.4 cm³/mol. The van der Waals surface area contributed by atoms with Crippen LogP contribution in [0.1, 0.15) is 13.8 Å². The van der Waals surface area contributed by atoms with Gasteiger partial charge in [-0.25, -0.2) is 0 Å². The van der Waals surface area contributed by atoms with E-state index in [2.05, 4.69) is 4.98 Å². The molecule has 0 spiro atoms. The van der Waals surface area contributed by atoms with Crippen molar-refractivity contribution in [1.29, 1.82) is 0 Å². The molecule has 0 unspecified atom stereocenters. The van der Waals surface area contributed by atoms with Crippen molar-refractivity contribution in [2.75, 3.05) is 0 Å². The molecule has 1 aromatic heterocycles. The van der Waals surface area contributed by atoms with E-state index in [9.17, 15) is 14.9 Å². The van der Waals surface area contributed by atoms with Crippen molar-refractivity contribution in [2.24, 2.45) is 7.05 Å². The number of aromatic nitrogens is 2. The first kappa shape index (κ1) is 12.5. The standard InChI is InChI=1S/C8H11N3O4S/c1-8(2,7(12)13)16-6-5(11(14)15)9-4-10(6)3/h4H,1-3H3,(H,12,13). The maximum Gasteiger partial charge on any atom is 0.395 e. The van der Waals surface area contributed by atoms with Crippen LogP contribution in [-0.4, -0.2) is 30.3 Å². The lowest BCUT2D eigenvalue weighted by atomic mass is 10.2. The number of thioether (sulfide) groups is 1. The summed E-state index contributed by atoms with van der Waals surface area (Å²) in [6, 6.07) is 0. The van der Waals surface area contributed by atoms with Crippen LogP contribution in [0.2, 0.25) is 0 Å². The first-order valence-electron chi connectivity index (χ1n) is 4.34. The van der Waals surface area contributed by atoms with Gasteiger partial charge in [-0.05, 0) is 23.8 Å². The molecule has 0 aliphatic heterocycles. The van der Waals surface area contributed by atoms with E-state index in [1.807, 2.05) is 0 Å². The van der Waals surface area contributed by atoms with Crippen LogP contribution >= 0.6 is 11.8 Å². The third kappa shape index (κ3) is 2.32. The molecule has 16 heavy (non-hydrogen) atoms. The van der Waals surface area contributed by atoms with Gasteiger partial charge >= 0.3 is 11.8 Å². The molecule has 0 bridgehead atoms. The molecular weight excluding hydrogens is 234 g/mol. The van der Waals surface area contributed by atoms with Crippen molar-refractivity contribution in [1.82, 2.24) is 9.55 Å². The number of carbonyl (C=O) groups is 1. The minimum Gasteiger partial charge on any atom is -0.480 e. The van der Waals surface area contributed by atoms with Gasteiger partial charge in [0.15, 0.2) is 5.03 Å². The molecule has 7 nitrogen and oxygen atoms in total. The summed E-state index contributed by atoms with van der Waals surface area (Å²) < 4.78 is 0.298. The highest BCUT2D eigenvalue weighted by atomic mass is 32.2. The highest BCUT2D eigenvalue weighted by Gasteiger charge is 2.34. The maximum absolute atomic E-state index is 10.9. The maximum atomic E-state index is 10.9. The van der Waals surface area contributed by atoms with Crippen molar-refractivity contribution >= 4 is 23.5 Å². The summed E-state index contributed by atoms with van der Waals surface area (Å²) in [5, 5.41) is 19.8. The lowest BCUT2D eigenvalue weighted by Gasteiger charge is -2.17. The number of aliphatic carboxylic acids is 1. The van der Waals surface area contributed by atoms with E-state index in [1.54, 1.807) is 7.05 Å². The van der Waals surface area contributed by atoms with Crippen LogP contribution in [0.25, 0.3) is 0 Å². The molecule has 0 saturated heterocycles. The normalized spacial score (nSPS) is 11.4. The molecule has 1 aromatic rings. The number of nitro groups is 1. The Kier molecular flexibility index (Phi) is 3.22. The molecule has 0 atom stereocenters. The average Bonchev–Trinajstić information content (AvgIpc) is 2.47. The molecule has 0 radical (unpaired) electrons. The second-order valence-electron chi connectivity index (χ2n) is 3.66. The molecular formula is C8H11N3O4S. The van der Waals surface area contributed by atoms with E-state index in [-0.39, 0.29) is 10.8 Å². The van der Waals surface area contributed by atoms with Crippen molar-refractivity contribution < 1.29 is 14.8 Å². The Labute approximate surface area is 95.6 Å². The van der Waals surface area contributed by atoms with Crippen LogP contribution < -0.4 is 0 Å². The molecule has 1 N–H and O–H groups in total. The summed E-state index contributed by atoms with van der Waals surface area (Å²) in [6.07, 6.45) is 1.29. The van der Waals surface area contributed by atoms with Gasteiger partial charge in [0.1, 0.15) is 4.75 Å². The van der Waals surface area contributed by atoms with E-state index in [1.165, 1.54) is 24.7 Å². The molecule has 0 aliphatic rings. The third-order valence-electron chi connectivity index (χ3n) is 1.90. The summed E-state index contributed by atoms with van der Waals surface area (Å²) in [7, 11) is 1.58. The fourth-order valence-electron chi connectivity index (χ4n) is 0.935. The number of rotatable bonds is 4. The summed E-state index contributed by atoms with van der Waals surface area (Å²) in [5.74, 6) is -1.35. The highest BCUT2D eigenvalue weighted by Crippen LogP contribution is 2.37. The smallest absolute Gasteiger partial charge is 0.395 e. The zero-order chi connectivity index (χ0) is 12.5. The Morgan fingerprint density at radius 1 is 1.69 bits per heavy atom. The number of hydrogen-bond donors (Lipinski definition) is 1. The first-order valence-corrected chi connectivity index (χ1v) is 5.15. The van der Waals surface area contributed by atoms with Crippen molar-refractivity contribution in [3.63, 3.8) is 0 Å². The zero-order valence-electron chi connectivity index (χ0n) is 9.00. The second-order valence-corrected chi connectivity index (χ2v) is 5.27. The van der Waals surface area contributed by atoms with E-state index < -0.39 is 15.6 Å². The van der Waals surface area contributed by atoms with E-state index in [0.717, 1.165) is 11.8 Å². The predicted octanol–water partition coefficient (Wildman–Crippen LogP) is 1.28. The van der Waals surface area contributed by atoms with Crippen molar-refractivity contribution in [3.8, 4) is 0 Å². The lowest BCUT2D eigenvalue weighted by molar-refractivity contribution is -0.392.